The number of benzene rings is 1. The molecule has 0 N–H and O–H groups in total. The summed E-state index contributed by atoms with van der Waals surface area (Å²) in [5.41, 5.74) is 0.328. The van der Waals surface area contributed by atoms with Crippen LogP contribution in [0.3, 0.4) is 0 Å². The molecule has 0 aromatic heterocycles. The Morgan fingerprint density at radius 3 is 2.29 bits per heavy atom. The normalized spacial score (nSPS) is 10.4. The van der Waals surface area contributed by atoms with Crippen LogP contribution >= 0.6 is 0 Å². The van der Waals surface area contributed by atoms with E-state index < -0.39 is 15.9 Å². The fourth-order valence-corrected chi connectivity index (χ4v) is 2.01. The molecule has 0 aliphatic carbocycles. The van der Waals surface area contributed by atoms with E-state index in [-0.39, 0.29) is 48.3 Å². The molecule has 0 saturated carbocycles. The Balaban J connectivity index is 0.00000400. The zero-order chi connectivity index (χ0) is 15.2. The molecular formula is C12H15NaO7S. The van der Waals surface area contributed by atoms with Gasteiger partial charge in [-0.3, -0.25) is 4.79 Å². The molecule has 0 atom stereocenters. The summed E-state index contributed by atoms with van der Waals surface area (Å²) >= 11 is 0. The number of rotatable bonds is 8. The van der Waals surface area contributed by atoms with Crippen LogP contribution in [0.2, 0.25) is 0 Å². The van der Waals surface area contributed by atoms with E-state index in [1.165, 1.54) is 26.4 Å². The Hall–Kier alpha value is -0.800. The number of hydrogen-bond acceptors (Lipinski definition) is 7. The van der Waals surface area contributed by atoms with Gasteiger partial charge < -0.3 is 18.8 Å². The summed E-state index contributed by atoms with van der Waals surface area (Å²) in [6.07, 6.45) is 0.666. The van der Waals surface area contributed by atoms with Gasteiger partial charge in [-0.25, -0.2) is 8.42 Å². The zero-order valence-corrected chi connectivity index (χ0v) is 14.9. The van der Waals surface area contributed by atoms with Crippen molar-refractivity contribution in [1.29, 1.82) is 0 Å². The summed E-state index contributed by atoms with van der Waals surface area (Å²) in [7, 11) is -1.44. The van der Waals surface area contributed by atoms with Crippen LogP contribution in [-0.4, -0.2) is 45.8 Å². The summed E-state index contributed by atoms with van der Waals surface area (Å²) in [6, 6.07) is 2.93. The second-order valence-electron chi connectivity index (χ2n) is 3.84. The molecule has 0 aliphatic heterocycles. The van der Waals surface area contributed by atoms with Crippen molar-refractivity contribution in [1.82, 2.24) is 0 Å². The first-order chi connectivity index (χ1) is 9.41. The topological polar surface area (TPSA) is 102 Å². The van der Waals surface area contributed by atoms with Crippen molar-refractivity contribution in [2.45, 2.75) is 6.42 Å². The van der Waals surface area contributed by atoms with Crippen molar-refractivity contribution >= 4 is 16.4 Å². The third-order valence-corrected chi connectivity index (χ3v) is 3.19. The third-order valence-electron chi connectivity index (χ3n) is 2.40. The predicted octanol–water partition coefficient (Wildman–Crippen LogP) is -2.17. The molecule has 112 valence electrons. The summed E-state index contributed by atoms with van der Waals surface area (Å²) in [4.78, 5) is 10.8. The molecule has 1 aromatic rings. The van der Waals surface area contributed by atoms with Gasteiger partial charge in [-0.05, 0) is 18.6 Å². The molecule has 1 rings (SSSR count). The first kappa shape index (κ1) is 20.2. The fraction of sp³-hybridized carbons (Fsp3) is 0.417. The van der Waals surface area contributed by atoms with E-state index in [0.717, 1.165) is 0 Å². The minimum absolute atomic E-state index is 0. The van der Waals surface area contributed by atoms with Gasteiger partial charge in [0.1, 0.15) is 6.29 Å². The Morgan fingerprint density at radius 1 is 1.19 bits per heavy atom. The van der Waals surface area contributed by atoms with Gasteiger partial charge in [0, 0.05) is 11.3 Å². The minimum Gasteiger partial charge on any atom is -0.748 e. The maximum Gasteiger partial charge on any atom is 1.00 e. The van der Waals surface area contributed by atoms with E-state index in [1.54, 1.807) is 0 Å². The summed E-state index contributed by atoms with van der Waals surface area (Å²) < 4.78 is 46.9. The van der Waals surface area contributed by atoms with Crippen LogP contribution in [0, 0.1) is 0 Å². The van der Waals surface area contributed by atoms with E-state index in [2.05, 4.69) is 0 Å². The molecule has 9 heteroatoms. The third kappa shape index (κ3) is 6.66. The number of carbonyl (C=O) groups excluding carboxylic acids is 1. The summed E-state index contributed by atoms with van der Waals surface area (Å²) in [5.74, 6) is 0.351. The largest absolute Gasteiger partial charge is 1.00 e. The van der Waals surface area contributed by atoms with Gasteiger partial charge in [0.05, 0.1) is 30.9 Å². The Kier molecular flexibility index (Phi) is 8.91. The fourth-order valence-electron chi connectivity index (χ4n) is 1.54. The molecule has 0 heterocycles. The average Bonchev–Trinajstić information content (AvgIpc) is 2.41. The summed E-state index contributed by atoms with van der Waals surface area (Å²) in [6.45, 7) is 0.00327. The molecule has 0 spiro atoms. The van der Waals surface area contributed by atoms with Crippen molar-refractivity contribution in [2.75, 3.05) is 26.6 Å². The van der Waals surface area contributed by atoms with Crippen LogP contribution in [0.15, 0.2) is 12.1 Å². The van der Waals surface area contributed by atoms with E-state index in [0.29, 0.717) is 23.3 Å². The number of aldehydes is 1. The number of carbonyl (C=O) groups is 1. The van der Waals surface area contributed by atoms with Gasteiger partial charge in [0.2, 0.25) is 5.75 Å². The van der Waals surface area contributed by atoms with Crippen molar-refractivity contribution < 1.29 is 61.5 Å². The van der Waals surface area contributed by atoms with E-state index >= 15 is 0 Å². The number of methoxy groups -OCH3 is 2. The first-order valence-electron chi connectivity index (χ1n) is 5.69. The SMILES string of the molecule is COc1cc(C=O)cc(OCCCS(=O)(=O)[O-])c1OC.[Na+]. The monoisotopic (exact) mass is 326 g/mol. The van der Waals surface area contributed by atoms with Gasteiger partial charge in [-0.15, -0.1) is 0 Å². The average molecular weight is 326 g/mol. The Morgan fingerprint density at radius 2 is 1.81 bits per heavy atom. The van der Waals surface area contributed by atoms with E-state index in [1.807, 2.05) is 0 Å². The molecule has 21 heavy (non-hydrogen) atoms. The van der Waals surface area contributed by atoms with E-state index in [9.17, 15) is 17.8 Å². The number of ether oxygens (including phenoxy) is 3. The molecule has 0 radical (unpaired) electrons. The minimum atomic E-state index is -4.26. The molecule has 0 unspecified atom stereocenters. The van der Waals surface area contributed by atoms with Gasteiger partial charge in [-0.1, -0.05) is 0 Å². The maximum absolute atomic E-state index is 10.8. The molecule has 1 aromatic carbocycles. The molecule has 0 fully saturated rings. The number of hydrogen-bond donors (Lipinski definition) is 0. The zero-order valence-electron chi connectivity index (χ0n) is 12.1. The van der Waals surface area contributed by atoms with Gasteiger partial charge in [0.25, 0.3) is 0 Å². The van der Waals surface area contributed by atoms with Crippen LogP contribution in [0.1, 0.15) is 16.8 Å². The van der Waals surface area contributed by atoms with Crippen LogP contribution < -0.4 is 43.8 Å². The van der Waals surface area contributed by atoms with Crippen LogP contribution in [0.5, 0.6) is 17.2 Å². The predicted molar refractivity (Wildman–Crippen MR) is 69.6 cm³/mol. The molecule has 0 bridgehead atoms. The summed E-state index contributed by atoms with van der Waals surface area (Å²) in [5, 5.41) is 0. The second kappa shape index (κ2) is 9.26. The van der Waals surface area contributed by atoms with Crippen molar-refractivity contribution in [3.05, 3.63) is 17.7 Å². The van der Waals surface area contributed by atoms with Crippen molar-refractivity contribution in [2.24, 2.45) is 0 Å². The second-order valence-corrected chi connectivity index (χ2v) is 5.36. The first-order valence-corrected chi connectivity index (χ1v) is 7.26. The van der Waals surface area contributed by atoms with Crippen LogP contribution in [0.25, 0.3) is 0 Å². The van der Waals surface area contributed by atoms with Crippen LogP contribution in [0.4, 0.5) is 0 Å². The smallest absolute Gasteiger partial charge is 0.748 e. The molecule has 0 saturated heterocycles. The quantitative estimate of drug-likeness (QED) is 0.232. The van der Waals surface area contributed by atoms with Crippen molar-refractivity contribution in [3.8, 4) is 17.2 Å². The molecule has 0 aliphatic rings. The maximum atomic E-state index is 10.8. The molecule has 7 nitrogen and oxygen atoms in total. The Bertz CT molecular complexity index is 571. The Labute approximate surface area is 145 Å². The van der Waals surface area contributed by atoms with Gasteiger partial charge in [-0.2, -0.15) is 0 Å². The van der Waals surface area contributed by atoms with E-state index in [4.69, 9.17) is 14.2 Å². The molecular weight excluding hydrogens is 311 g/mol. The van der Waals surface area contributed by atoms with Gasteiger partial charge >= 0.3 is 29.6 Å². The van der Waals surface area contributed by atoms with Gasteiger partial charge in [0.15, 0.2) is 11.5 Å². The molecule has 0 amide bonds. The standard InChI is InChI=1S/C12H16O7S.Na/c1-17-10-6-9(8-13)7-11(12(10)18-2)19-4-3-5-20(14,15)16;/h6-8H,3-5H2,1-2H3,(H,14,15,16);/q;+1/p-1. The van der Waals surface area contributed by atoms with Crippen molar-refractivity contribution in [3.63, 3.8) is 0 Å². The van der Waals surface area contributed by atoms with Crippen LogP contribution in [-0.2, 0) is 10.1 Å².